The van der Waals surface area contributed by atoms with Gasteiger partial charge in [-0.1, -0.05) is 18.2 Å². The van der Waals surface area contributed by atoms with Crippen molar-refractivity contribution in [2.75, 3.05) is 0 Å². The molecule has 0 spiro atoms. The largest absolute Gasteiger partial charge is 0.473 e. The molecule has 0 aliphatic heterocycles. The van der Waals surface area contributed by atoms with E-state index in [1.165, 1.54) is 0 Å². The minimum Gasteiger partial charge on any atom is -0.473 e. The van der Waals surface area contributed by atoms with E-state index in [-0.39, 0.29) is 12.8 Å². The van der Waals surface area contributed by atoms with Gasteiger partial charge >= 0.3 is 11.9 Å². The van der Waals surface area contributed by atoms with E-state index in [4.69, 9.17) is 16.1 Å². The highest BCUT2D eigenvalue weighted by Gasteiger charge is 2.38. The van der Waals surface area contributed by atoms with E-state index in [0.29, 0.717) is 5.56 Å². The fourth-order valence-corrected chi connectivity index (χ4v) is 1.87. The number of benzene rings is 1. The van der Waals surface area contributed by atoms with Crippen molar-refractivity contribution >= 4 is 17.7 Å². The minimum atomic E-state index is -1.76. The molecular weight excluding hydrogens is 304 g/mol. The smallest absolute Gasteiger partial charge is 0.417 e. The van der Waals surface area contributed by atoms with Crippen molar-refractivity contribution in [1.82, 2.24) is 0 Å². The number of aliphatic hydroxyl groups is 1. The molecule has 0 radical (unpaired) electrons. The zero-order valence-corrected chi connectivity index (χ0v) is 12.1. The van der Waals surface area contributed by atoms with E-state index in [1.54, 1.807) is 12.1 Å². The molecule has 1 fully saturated rings. The van der Waals surface area contributed by atoms with Crippen molar-refractivity contribution in [2.45, 2.75) is 31.1 Å². The van der Waals surface area contributed by atoms with Crippen LogP contribution in [0.4, 0.5) is 0 Å². The molecule has 1 aliphatic carbocycles. The van der Waals surface area contributed by atoms with Gasteiger partial charge in [0.2, 0.25) is 0 Å². The lowest BCUT2D eigenvalue weighted by atomic mass is 9.90. The van der Waals surface area contributed by atoms with E-state index < -0.39 is 36.0 Å². The predicted octanol–water partition coefficient (Wildman–Crippen LogP) is -0.408. The summed E-state index contributed by atoms with van der Waals surface area (Å²) in [6, 6.07) is 10.4. The number of aliphatic carboxylic acids is 1. The molecule has 4 N–H and O–H groups in total. The number of carbonyl (C=O) groups is 3. The number of hydrogen-bond donors (Lipinski definition) is 3. The van der Waals surface area contributed by atoms with Gasteiger partial charge in [0.05, 0.1) is 17.7 Å². The summed E-state index contributed by atoms with van der Waals surface area (Å²) < 4.78 is 4.42. The van der Waals surface area contributed by atoms with Gasteiger partial charge in [0.15, 0.2) is 11.9 Å². The fourth-order valence-electron chi connectivity index (χ4n) is 1.87. The average Bonchev–Trinajstić information content (AvgIpc) is 2.56. The number of nitrogens with zero attached hydrogens (tertiary/aromatic N) is 1. The molecule has 23 heavy (non-hydrogen) atoms. The Morgan fingerprint density at radius 2 is 1.87 bits per heavy atom. The Kier molecular flexibility index (Phi) is 6.86. The molecule has 8 nitrogen and oxygen atoms in total. The molecule has 122 valence electrons. The molecule has 1 aromatic carbocycles. The maximum atomic E-state index is 11.2. The number of esters is 1. The highest BCUT2D eigenvalue weighted by molar-refractivity contribution is 6.28. The zero-order valence-electron chi connectivity index (χ0n) is 12.1. The second kappa shape index (κ2) is 8.63. The second-order valence-corrected chi connectivity index (χ2v) is 4.76. The zero-order chi connectivity index (χ0) is 17.4. The van der Waals surface area contributed by atoms with Gasteiger partial charge in [-0.05, 0) is 25.0 Å². The molecule has 1 saturated carbocycles. The van der Waals surface area contributed by atoms with Gasteiger partial charge in [-0.25, -0.2) is 9.59 Å². The summed E-state index contributed by atoms with van der Waals surface area (Å²) in [4.78, 5) is 32.0. The molecule has 0 saturated heterocycles. The molecule has 0 bridgehead atoms. The SMILES string of the molecule is N#Cc1ccccc1.NC1CCC(OC(=O)C(=O)O)C(O)C1=O. The lowest BCUT2D eigenvalue weighted by Crippen LogP contribution is -2.51. The first-order valence-electron chi connectivity index (χ1n) is 6.73. The van der Waals surface area contributed by atoms with Gasteiger partial charge in [-0.3, -0.25) is 4.79 Å². The highest BCUT2D eigenvalue weighted by Crippen LogP contribution is 2.18. The van der Waals surface area contributed by atoms with E-state index in [9.17, 15) is 19.5 Å². The maximum Gasteiger partial charge on any atom is 0.417 e. The molecule has 8 heteroatoms. The normalized spacial score (nSPS) is 23.0. The number of nitrogens with two attached hydrogens (primary N) is 1. The first-order chi connectivity index (χ1) is 10.9. The summed E-state index contributed by atoms with van der Waals surface area (Å²) in [5.41, 5.74) is 6.07. The molecule has 3 unspecified atom stereocenters. The van der Waals surface area contributed by atoms with Gasteiger partial charge in [0.1, 0.15) is 6.10 Å². The van der Waals surface area contributed by atoms with Crippen molar-refractivity contribution in [2.24, 2.45) is 5.73 Å². The molecule has 0 amide bonds. The fraction of sp³-hybridized carbons (Fsp3) is 0.333. The Labute approximate surface area is 132 Å². The van der Waals surface area contributed by atoms with Crippen LogP contribution in [0.3, 0.4) is 0 Å². The van der Waals surface area contributed by atoms with Crippen molar-refractivity contribution in [3.63, 3.8) is 0 Å². The number of carboxylic acids is 1. The van der Waals surface area contributed by atoms with Gasteiger partial charge in [0.25, 0.3) is 0 Å². The third-order valence-corrected chi connectivity index (χ3v) is 3.11. The molecule has 1 aromatic rings. The second-order valence-electron chi connectivity index (χ2n) is 4.76. The van der Waals surface area contributed by atoms with Crippen molar-refractivity contribution in [1.29, 1.82) is 5.26 Å². The van der Waals surface area contributed by atoms with Crippen LogP contribution in [0.25, 0.3) is 0 Å². The number of carboxylic acid groups (broad SMARTS) is 1. The number of nitriles is 1. The lowest BCUT2D eigenvalue weighted by Gasteiger charge is -2.28. The Morgan fingerprint density at radius 3 is 2.35 bits per heavy atom. The monoisotopic (exact) mass is 320 g/mol. The molecule has 0 aromatic heterocycles. The Hall–Kier alpha value is -2.76. The molecule has 3 atom stereocenters. The first kappa shape index (κ1) is 18.3. The quantitative estimate of drug-likeness (QED) is 0.466. The maximum absolute atomic E-state index is 11.2. The van der Waals surface area contributed by atoms with Crippen molar-refractivity contribution < 1.29 is 29.3 Å². The topological polar surface area (TPSA) is 151 Å². The van der Waals surface area contributed by atoms with Crippen LogP contribution in [0.1, 0.15) is 18.4 Å². The number of hydrogen-bond acceptors (Lipinski definition) is 7. The third-order valence-electron chi connectivity index (χ3n) is 3.11. The Balaban J connectivity index is 0.000000277. The molecular formula is C15H16N2O6. The average molecular weight is 320 g/mol. The van der Waals surface area contributed by atoms with Crippen LogP contribution in [0.2, 0.25) is 0 Å². The van der Waals surface area contributed by atoms with E-state index in [0.717, 1.165) is 0 Å². The number of carbonyl (C=O) groups excluding carboxylic acids is 2. The van der Waals surface area contributed by atoms with Crippen LogP contribution in [-0.2, 0) is 19.1 Å². The van der Waals surface area contributed by atoms with Gasteiger partial charge < -0.3 is 20.7 Å². The summed E-state index contributed by atoms with van der Waals surface area (Å²) in [7, 11) is 0. The standard InChI is InChI=1S/C8H11NO6.C7H5N/c9-3-1-2-4(6(11)5(3)10)15-8(14)7(12)13;8-6-7-4-2-1-3-5-7/h3-4,6,11H,1-2,9H2,(H,12,13);1-5H. The predicted molar refractivity (Wildman–Crippen MR) is 76.9 cm³/mol. The van der Waals surface area contributed by atoms with Crippen LogP contribution in [0.5, 0.6) is 0 Å². The Bertz CT molecular complexity index is 610. The highest BCUT2D eigenvalue weighted by atomic mass is 16.6. The molecule has 1 aliphatic rings. The number of aliphatic hydroxyl groups excluding tert-OH is 1. The van der Waals surface area contributed by atoms with Crippen LogP contribution < -0.4 is 5.73 Å². The first-order valence-corrected chi connectivity index (χ1v) is 6.73. The summed E-state index contributed by atoms with van der Waals surface area (Å²) in [6.45, 7) is 0. The number of ketones is 1. The summed E-state index contributed by atoms with van der Waals surface area (Å²) in [5, 5.41) is 25.9. The van der Waals surface area contributed by atoms with E-state index in [2.05, 4.69) is 4.74 Å². The molecule has 0 heterocycles. The van der Waals surface area contributed by atoms with Crippen LogP contribution in [0, 0.1) is 11.3 Å². The summed E-state index contributed by atoms with van der Waals surface area (Å²) in [5.74, 6) is -3.88. The van der Waals surface area contributed by atoms with Gasteiger partial charge in [0, 0.05) is 0 Å². The van der Waals surface area contributed by atoms with Crippen molar-refractivity contribution in [3.8, 4) is 6.07 Å². The number of rotatable bonds is 1. The number of ether oxygens (including phenoxy) is 1. The van der Waals surface area contributed by atoms with Crippen LogP contribution in [-0.4, -0.2) is 46.2 Å². The Morgan fingerprint density at radius 1 is 1.26 bits per heavy atom. The summed E-state index contributed by atoms with van der Waals surface area (Å²) in [6.07, 6.45) is -2.21. The number of Topliss-reactive ketones (excluding diaryl/α,β-unsaturated/α-hetero) is 1. The molecule has 2 rings (SSSR count). The third kappa shape index (κ3) is 5.50. The van der Waals surface area contributed by atoms with Crippen LogP contribution >= 0.6 is 0 Å². The van der Waals surface area contributed by atoms with Crippen molar-refractivity contribution in [3.05, 3.63) is 35.9 Å². The van der Waals surface area contributed by atoms with E-state index >= 15 is 0 Å². The van der Waals surface area contributed by atoms with Gasteiger partial charge in [-0.15, -0.1) is 0 Å². The van der Waals surface area contributed by atoms with E-state index in [1.807, 2.05) is 24.3 Å². The van der Waals surface area contributed by atoms with Gasteiger partial charge in [-0.2, -0.15) is 5.26 Å². The van der Waals surface area contributed by atoms with Crippen LogP contribution in [0.15, 0.2) is 30.3 Å². The summed E-state index contributed by atoms with van der Waals surface area (Å²) >= 11 is 0. The minimum absolute atomic E-state index is 0.174. The lowest BCUT2D eigenvalue weighted by molar-refractivity contribution is -0.174.